The number of imidazole rings is 1. The summed E-state index contributed by atoms with van der Waals surface area (Å²) in [7, 11) is -0.0469. The lowest BCUT2D eigenvalue weighted by Crippen LogP contribution is -2.17. The lowest BCUT2D eigenvalue weighted by atomic mass is 10.4. The third-order valence-corrected chi connectivity index (χ3v) is 3.29. The summed E-state index contributed by atoms with van der Waals surface area (Å²) in [6.45, 7) is 2.23. The molecule has 0 atom stereocenters. The molecule has 0 aliphatic heterocycles. The predicted octanol–water partition coefficient (Wildman–Crippen LogP) is 0.422. The zero-order chi connectivity index (χ0) is 7.23. The molecule has 0 saturated carbocycles. The van der Waals surface area contributed by atoms with Crippen molar-refractivity contribution in [3.05, 3.63) is 12.4 Å². The zero-order valence-electron chi connectivity index (χ0n) is 6.43. The van der Waals surface area contributed by atoms with Crippen LogP contribution in [-0.4, -0.2) is 19.5 Å². The second-order valence-electron chi connectivity index (χ2n) is 2.49. The summed E-state index contributed by atoms with van der Waals surface area (Å²) < 4.78 is 0. The maximum atomic E-state index is 4.19. The lowest BCUT2D eigenvalue weighted by Gasteiger charge is -1.92. The summed E-state index contributed by atoms with van der Waals surface area (Å²) >= 11 is 0. The summed E-state index contributed by atoms with van der Waals surface area (Å²) in [5, 5.41) is 0. The maximum absolute atomic E-state index is 4.19. The van der Waals surface area contributed by atoms with Gasteiger partial charge in [-0.25, -0.2) is 4.98 Å². The van der Waals surface area contributed by atoms with Crippen LogP contribution in [0.25, 0.3) is 0 Å². The Morgan fingerprint density at radius 2 is 2.60 bits per heavy atom. The van der Waals surface area contributed by atoms with Crippen LogP contribution in [0, 0.1) is 0 Å². The van der Waals surface area contributed by atoms with Crippen LogP contribution in [0.4, 0.5) is 0 Å². The van der Waals surface area contributed by atoms with Crippen molar-refractivity contribution in [3.63, 3.8) is 0 Å². The normalized spacial score (nSPS) is 11.3. The van der Waals surface area contributed by atoms with Crippen molar-refractivity contribution in [1.82, 2.24) is 9.97 Å². The molecule has 0 amide bonds. The standard InChI is InChI=1S/C7H14N2Si/c1-2-3-6-10-7-8-4-5-9-7/h4-5H,2-3,6,10H2,1H3,(H,8,9). The Labute approximate surface area is 63.9 Å². The number of H-pyrrole nitrogens is 1. The Hall–Kier alpha value is -0.573. The van der Waals surface area contributed by atoms with Crippen LogP contribution in [0.1, 0.15) is 19.8 Å². The Kier molecular flexibility index (Phi) is 3.22. The highest BCUT2D eigenvalue weighted by Crippen LogP contribution is 1.91. The molecule has 0 aliphatic carbocycles. The number of aromatic amines is 1. The first-order chi connectivity index (χ1) is 4.93. The van der Waals surface area contributed by atoms with Crippen molar-refractivity contribution < 1.29 is 0 Å². The third kappa shape index (κ3) is 2.35. The topological polar surface area (TPSA) is 28.7 Å². The molecule has 56 valence electrons. The van der Waals surface area contributed by atoms with E-state index in [2.05, 4.69) is 16.9 Å². The smallest absolute Gasteiger partial charge is 0.1000 e. The minimum absolute atomic E-state index is 0.0469. The fraction of sp³-hybridized carbons (Fsp3) is 0.571. The summed E-state index contributed by atoms with van der Waals surface area (Å²) in [5.41, 5.74) is 1.26. The fourth-order valence-electron chi connectivity index (χ4n) is 0.977. The van der Waals surface area contributed by atoms with Crippen LogP contribution >= 0.6 is 0 Å². The number of nitrogens with one attached hydrogen (secondary N) is 1. The van der Waals surface area contributed by atoms with Crippen LogP contribution in [-0.2, 0) is 0 Å². The Bertz CT molecular complexity index is 160. The summed E-state index contributed by atoms with van der Waals surface area (Å²) in [6.07, 6.45) is 6.43. The van der Waals surface area contributed by atoms with Crippen molar-refractivity contribution in [2.45, 2.75) is 25.8 Å². The van der Waals surface area contributed by atoms with Crippen LogP contribution in [0.3, 0.4) is 0 Å². The van der Waals surface area contributed by atoms with Crippen molar-refractivity contribution in [2.75, 3.05) is 0 Å². The minimum Gasteiger partial charge on any atom is -0.353 e. The molecule has 0 fully saturated rings. The van der Waals surface area contributed by atoms with Crippen LogP contribution in [0.15, 0.2) is 12.4 Å². The van der Waals surface area contributed by atoms with Gasteiger partial charge in [0.25, 0.3) is 0 Å². The summed E-state index contributed by atoms with van der Waals surface area (Å²) in [6, 6.07) is 1.39. The van der Waals surface area contributed by atoms with E-state index in [1.54, 1.807) is 0 Å². The quantitative estimate of drug-likeness (QED) is 0.494. The van der Waals surface area contributed by atoms with Gasteiger partial charge >= 0.3 is 0 Å². The van der Waals surface area contributed by atoms with E-state index in [1.165, 1.54) is 24.3 Å². The second kappa shape index (κ2) is 4.28. The number of unbranched alkanes of at least 4 members (excludes halogenated alkanes) is 1. The van der Waals surface area contributed by atoms with E-state index in [4.69, 9.17) is 0 Å². The van der Waals surface area contributed by atoms with Crippen LogP contribution in [0.5, 0.6) is 0 Å². The van der Waals surface area contributed by atoms with Crippen LogP contribution < -0.4 is 5.45 Å². The van der Waals surface area contributed by atoms with Crippen molar-refractivity contribution in [1.29, 1.82) is 0 Å². The van der Waals surface area contributed by atoms with Gasteiger partial charge in [0.1, 0.15) is 0 Å². The third-order valence-electron chi connectivity index (χ3n) is 1.57. The van der Waals surface area contributed by atoms with E-state index in [1.807, 2.05) is 12.4 Å². The van der Waals surface area contributed by atoms with Gasteiger partial charge in [0, 0.05) is 12.4 Å². The van der Waals surface area contributed by atoms with Crippen molar-refractivity contribution >= 4 is 15.0 Å². The molecule has 3 heteroatoms. The first-order valence-corrected chi connectivity index (χ1v) is 5.62. The largest absolute Gasteiger partial charge is 0.353 e. The molecule has 0 unspecified atom stereocenters. The molecule has 1 rings (SSSR count). The van der Waals surface area contributed by atoms with E-state index in [0.29, 0.717) is 0 Å². The zero-order valence-corrected chi connectivity index (χ0v) is 7.84. The monoisotopic (exact) mass is 154 g/mol. The average Bonchev–Trinajstić information content (AvgIpc) is 2.41. The SMILES string of the molecule is CCCC[SiH2]c1ncc[nH]1. The van der Waals surface area contributed by atoms with Gasteiger partial charge in [0.05, 0.1) is 15.0 Å². The number of rotatable bonds is 4. The Morgan fingerprint density at radius 1 is 1.70 bits per heavy atom. The molecule has 2 nitrogen and oxygen atoms in total. The molecule has 0 aliphatic rings. The molecular weight excluding hydrogens is 140 g/mol. The van der Waals surface area contributed by atoms with E-state index in [0.717, 1.165) is 0 Å². The molecule has 1 N–H and O–H groups in total. The first-order valence-electron chi connectivity index (χ1n) is 3.91. The second-order valence-corrected chi connectivity index (χ2v) is 4.37. The molecule has 0 bridgehead atoms. The molecule has 10 heavy (non-hydrogen) atoms. The molecular formula is C7H14N2Si. The van der Waals surface area contributed by atoms with Gasteiger partial charge in [-0.05, 0) is 0 Å². The fourth-order valence-corrected chi connectivity index (χ4v) is 2.56. The van der Waals surface area contributed by atoms with Gasteiger partial charge in [-0.1, -0.05) is 25.8 Å². The Balaban J connectivity index is 2.15. The summed E-state index contributed by atoms with van der Waals surface area (Å²) in [4.78, 5) is 7.34. The molecule has 0 saturated heterocycles. The van der Waals surface area contributed by atoms with Gasteiger partial charge < -0.3 is 4.98 Å². The van der Waals surface area contributed by atoms with Crippen LogP contribution in [0.2, 0.25) is 6.04 Å². The first kappa shape index (κ1) is 7.53. The molecule has 0 aromatic carbocycles. The molecule has 0 spiro atoms. The van der Waals surface area contributed by atoms with Gasteiger partial charge in [0.2, 0.25) is 0 Å². The number of nitrogens with zero attached hydrogens (tertiary/aromatic N) is 1. The predicted molar refractivity (Wildman–Crippen MR) is 46.5 cm³/mol. The molecule has 1 aromatic heterocycles. The molecule has 0 radical (unpaired) electrons. The number of aromatic nitrogens is 2. The van der Waals surface area contributed by atoms with Gasteiger partial charge in [0.15, 0.2) is 0 Å². The highest BCUT2D eigenvalue weighted by molar-refractivity contribution is 6.51. The highest BCUT2D eigenvalue weighted by atomic mass is 28.2. The van der Waals surface area contributed by atoms with E-state index in [9.17, 15) is 0 Å². The Morgan fingerprint density at radius 3 is 3.20 bits per heavy atom. The van der Waals surface area contributed by atoms with E-state index in [-0.39, 0.29) is 9.52 Å². The van der Waals surface area contributed by atoms with Gasteiger partial charge in [-0.2, -0.15) is 0 Å². The van der Waals surface area contributed by atoms with E-state index < -0.39 is 0 Å². The average molecular weight is 154 g/mol. The van der Waals surface area contributed by atoms with E-state index >= 15 is 0 Å². The molecule has 1 heterocycles. The number of hydrogen-bond acceptors (Lipinski definition) is 1. The van der Waals surface area contributed by atoms with Gasteiger partial charge in [-0.15, -0.1) is 0 Å². The number of hydrogen-bond donors (Lipinski definition) is 1. The lowest BCUT2D eigenvalue weighted by molar-refractivity contribution is 0.880. The van der Waals surface area contributed by atoms with Gasteiger partial charge in [-0.3, -0.25) is 0 Å². The summed E-state index contributed by atoms with van der Waals surface area (Å²) in [5.74, 6) is 0. The maximum Gasteiger partial charge on any atom is 0.1000 e. The minimum atomic E-state index is -0.0469. The van der Waals surface area contributed by atoms with Crippen molar-refractivity contribution in [3.8, 4) is 0 Å². The highest BCUT2D eigenvalue weighted by Gasteiger charge is 1.93. The van der Waals surface area contributed by atoms with Crippen molar-refractivity contribution in [2.24, 2.45) is 0 Å². The molecule has 1 aromatic rings.